The number of benzene rings is 1. The van der Waals surface area contributed by atoms with E-state index in [2.05, 4.69) is 10.2 Å². The van der Waals surface area contributed by atoms with Gasteiger partial charge in [-0.25, -0.2) is 10.0 Å². The minimum Gasteiger partial charge on any atom is -0.300 e. The van der Waals surface area contributed by atoms with Gasteiger partial charge in [0.2, 0.25) is 0 Å². The van der Waals surface area contributed by atoms with E-state index in [-0.39, 0.29) is 23.0 Å². The van der Waals surface area contributed by atoms with Gasteiger partial charge in [-0.05, 0) is 12.1 Å². The summed E-state index contributed by atoms with van der Waals surface area (Å²) in [6.45, 7) is 0. The predicted molar refractivity (Wildman–Crippen MR) is 73.7 cm³/mol. The quantitative estimate of drug-likeness (QED) is 0.806. The third kappa shape index (κ3) is 1.56. The highest BCUT2D eigenvalue weighted by atomic mass is 16.2. The molecule has 1 saturated heterocycles. The molecule has 1 aromatic carbocycles. The molecule has 7 nitrogen and oxygen atoms in total. The molecule has 0 spiro atoms. The molecule has 1 unspecified atom stereocenters. The smallest absolute Gasteiger partial charge is 0.291 e. The van der Waals surface area contributed by atoms with Crippen molar-refractivity contribution in [2.24, 2.45) is 10.2 Å². The monoisotopic (exact) mass is 266 g/mol. The Kier molecular flexibility index (Phi) is 2.66. The summed E-state index contributed by atoms with van der Waals surface area (Å²) in [6, 6.07) is 10.2. The molecule has 20 heavy (non-hydrogen) atoms. The zero-order valence-electron chi connectivity index (χ0n) is 10.6. The van der Waals surface area contributed by atoms with Crippen LogP contribution in [0.2, 0.25) is 0 Å². The van der Waals surface area contributed by atoms with Gasteiger partial charge in [0.25, 0.3) is 5.91 Å². The molecule has 1 atom stereocenters. The van der Waals surface area contributed by atoms with Gasteiger partial charge < -0.3 is 5.41 Å². The highest BCUT2D eigenvalue weighted by molar-refractivity contribution is 6.61. The van der Waals surface area contributed by atoms with Crippen molar-refractivity contribution in [3.8, 4) is 6.07 Å². The van der Waals surface area contributed by atoms with Crippen molar-refractivity contribution < 1.29 is 4.79 Å². The number of hydrogen-bond acceptors (Lipinski definition) is 6. The maximum absolute atomic E-state index is 12.4. The van der Waals surface area contributed by atoms with E-state index in [9.17, 15) is 4.79 Å². The standard InChI is InChI=1S/C13H10N6O/c1-18-12-10(15)9(7-14)16-17-11(12)13(20)19(18)8-5-3-2-4-6-8/h2-6,12,15H,1H3. The zero-order valence-corrected chi connectivity index (χ0v) is 10.6. The van der Waals surface area contributed by atoms with Gasteiger partial charge in [-0.15, -0.1) is 10.2 Å². The molecular weight excluding hydrogens is 256 g/mol. The highest BCUT2D eigenvalue weighted by Crippen LogP contribution is 2.26. The largest absolute Gasteiger partial charge is 0.300 e. The summed E-state index contributed by atoms with van der Waals surface area (Å²) in [6.07, 6.45) is 0. The third-order valence-electron chi connectivity index (χ3n) is 3.25. The summed E-state index contributed by atoms with van der Waals surface area (Å²) < 4.78 is 0. The normalized spacial score (nSPS) is 22.2. The van der Waals surface area contributed by atoms with Gasteiger partial charge in [-0.2, -0.15) is 5.26 Å². The van der Waals surface area contributed by atoms with Gasteiger partial charge >= 0.3 is 0 Å². The minimum absolute atomic E-state index is 0.00761. The Morgan fingerprint density at radius 1 is 1.30 bits per heavy atom. The first kappa shape index (κ1) is 12.2. The Morgan fingerprint density at radius 2 is 2.00 bits per heavy atom. The molecule has 0 radical (unpaired) electrons. The number of nitrogens with zero attached hydrogens (tertiary/aromatic N) is 5. The van der Waals surface area contributed by atoms with E-state index < -0.39 is 6.04 Å². The number of rotatable bonds is 1. The summed E-state index contributed by atoms with van der Waals surface area (Å²) in [7, 11) is 1.69. The Labute approximate surface area is 114 Å². The second-order valence-corrected chi connectivity index (χ2v) is 4.39. The van der Waals surface area contributed by atoms with Crippen molar-refractivity contribution in [1.82, 2.24) is 5.01 Å². The number of fused-ring (bicyclic) bond motifs is 1. The van der Waals surface area contributed by atoms with Crippen LogP contribution in [0.5, 0.6) is 0 Å². The fourth-order valence-electron chi connectivity index (χ4n) is 2.32. The van der Waals surface area contributed by atoms with Crippen molar-refractivity contribution >= 4 is 28.7 Å². The van der Waals surface area contributed by atoms with E-state index in [1.54, 1.807) is 24.2 Å². The number of carbonyl (C=O) groups excluding carboxylic acids is 1. The van der Waals surface area contributed by atoms with E-state index in [1.807, 2.05) is 24.3 Å². The lowest BCUT2D eigenvalue weighted by atomic mass is 10.0. The van der Waals surface area contributed by atoms with Gasteiger partial charge in [0.15, 0.2) is 11.4 Å². The number of anilines is 1. The van der Waals surface area contributed by atoms with Crippen LogP contribution < -0.4 is 5.01 Å². The molecule has 1 N–H and O–H groups in total. The molecule has 7 heteroatoms. The molecular formula is C13H10N6O. The van der Waals surface area contributed by atoms with Crippen LogP contribution >= 0.6 is 0 Å². The summed E-state index contributed by atoms with van der Waals surface area (Å²) in [5, 5.41) is 27.4. The highest BCUT2D eigenvalue weighted by Gasteiger charge is 2.47. The molecule has 0 aliphatic carbocycles. The van der Waals surface area contributed by atoms with E-state index in [1.165, 1.54) is 5.01 Å². The number of amides is 1. The predicted octanol–water partition coefficient (Wildman–Crippen LogP) is 0.603. The van der Waals surface area contributed by atoms with E-state index in [4.69, 9.17) is 10.7 Å². The fraction of sp³-hybridized carbons (Fsp3) is 0.154. The van der Waals surface area contributed by atoms with Gasteiger partial charge in [0.1, 0.15) is 12.1 Å². The van der Waals surface area contributed by atoms with Gasteiger partial charge in [-0.1, -0.05) is 18.2 Å². The number of nitriles is 1. The SMILES string of the molecule is CN1C2C(=N)C(C#N)=NN=C2C(=O)N1c1ccccc1. The number of nitrogens with one attached hydrogen (secondary N) is 1. The van der Waals surface area contributed by atoms with Crippen LogP contribution in [0.1, 0.15) is 0 Å². The van der Waals surface area contributed by atoms with Gasteiger partial charge in [0, 0.05) is 7.05 Å². The van der Waals surface area contributed by atoms with Crippen LogP contribution in [0, 0.1) is 16.7 Å². The van der Waals surface area contributed by atoms with Crippen molar-refractivity contribution in [2.45, 2.75) is 6.04 Å². The first-order valence-corrected chi connectivity index (χ1v) is 5.92. The van der Waals surface area contributed by atoms with Crippen LogP contribution in [0.25, 0.3) is 0 Å². The zero-order chi connectivity index (χ0) is 14.3. The van der Waals surface area contributed by atoms with Crippen molar-refractivity contribution in [1.29, 1.82) is 10.7 Å². The average Bonchev–Trinajstić information content (AvgIpc) is 2.72. The van der Waals surface area contributed by atoms with Crippen LogP contribution in [0.3, 0.4) is 0 Å². The van der Waals surface area contributed by atoms with Crippen molar-refractivity contribution in [3.05, 3.63) is 30.3 Å². The molecule has 0 aromatic heterocycles. The maximum Gasteiger partial charge on any atom is 0.291 e. The Bertz CT molecular complexity index is 699. The van der Waals surface area contributed by atoms with Crippen molar-refractivity contribution in [2.75, 3.05) is 12.1 Å². The summed E-state index contributed by atoms with van der Waals surface area (Å²) in [5.74, 6) is -0.325. The lowest BCUT2D eigenvalue weighted by molar-refractivity contribution is -0.113. The summed E-state index contributed by atoms with van der Waals surface area (Å²) in [5.41, 5.74) is 0.781. The molecule has 0 bridgehead atoms. The summed E-state index contributed by atoms with van der Waals surface area (Å²) in [4.78, 5) is 12.4. The topological polar surface area (TPSA) is 95.9 Å². The van der Waals surface area contributed by atoms with Crippen LogP contribution in [-0.2, 0) is 4.79 Å². The molecule has 0 saturated carbocycles. The van der Waals surface area contributed by atoms with Crippen LogP contribution in [0.15, 0.2) is 40.5 Å². The Balaban J connectivity index is 2.05. The fourth-order valence-corrected chi connectivity index (χ4v) is 2.32. The van der Waals surface area contributed by atoms with E-state index in [0.29, 0.717) is 5.69 Å². The van der Waals surface area contributed by atoms with Gasteiger partial charge in [-0.3, -0.25) is 4.79 Å². The van der Waals surface area contributed by atoms with Crippen LogP contribution in [0.4, 0.5) is 5.69 Å². The molecule has 2 aliphatic rings. The Hall–Kier alpha value is -2.85. The van der Waals surface area contributed by atoms with Crippen LogP contribution in [-0.4, -0.2) is 41.1 Å². The molecule has 98 valence electrons. The number of para-hydroxylation sites is 1. The van der Waals surface area contributed by atoms with Gasteiger partial charge in [0.05, 0.1) is 11.4 Å². The van der Waals surface area contributed by atoms with E-state index in [0.717, 1.165) is 0 Å². The van der Waals surface area contributed by atoms with E-state index >= 15 is 0 Å². The Morgan fingerprint density at radius 3 is 2.65 bits per heavy atom. The maximum atomic E-state index is 12.4. The molecule has 2 heterocycles. The lowest BCUT2D eigenvalue weighted by Gasteiger charge is -2.27. The minimum atomic E-state index is -0.658. The number of hydrogen-bond donors (Lipinski definition) is 1. The number of carbonyl (C=O) groups is 1. The molecule has 1 amide bonds. The lowest BCUT2D eigenvalue weighted by Crippen LogP contribution is -2.46. The summed E-state index contributed by atoms with van der Waals surface area (Å²) >= 11 is 0. The third-order valence-corrected chi connectivity index (χ3v) is 3.25. The molecule has 3 rings (SSSR count). The van der Waals surface area contributed by atoms with Crippen molar-refractivity contribution in [3.63, 3.8) is 0 Å². The molecule has 1 aromatic rings. The number of hydrazine groups is 1. The second kappa shape index (κ2) is 4.36. The first-order chi connectivity index (χ1) is 9.65. The molecule has 1 fully saturated rings. The average molecular weight is 266 g/mol. The second-order valence-electron chi connectivity index (χ2n) is 4.39. The first-order valence-electron chi connectivity index (χ1n) is 5.92. The molecule has 2 aliphatic heterocycles.